The van der Waals surface area contributed by atoms with Crippen molar-refractivity contribution in [2.24, 2.45) is 0 Å². The second-order valence-electron chi connectivity index (χ2n) is 3.33. The van der Waals surface area contributed by atoms with Crippen LogP contribution in [0.5, 0.6) is 0 Å². The Hall–Kier alpha value is -1.95. The third-order valence-corrected chi connectivity index (χ3v) is 2.39. The summed E-state index contributed by atoms with van der Waals surface area (Å²) in [6.45, 7) is 1.81. The Morgan fingerprint density at radius 2 is 2.11 bits per heavy atom. The fourth-order valence-corrected chi connectivity index (χ4v) is 1.56. The number of nitrogens with zero attached hydrogens (tertiary/aromatic N) is 1. The molecule has 1 aromatic carbocycles. The first-order chi connectivity index (χ1) is 8.45. The summed E-state index contributed by atoms with van der Waals surface area (Å²) in [5.41, 5.74) is -0.150. The molecule has 0 bridgehead atoms. The predicted molar refractivity (Wildman–Crippen MR) is 63.7 cm³/mol. The highest BCUT2D eigenvalue weighted by Gasteiger charge is 2.18. The highest BCUT2D eigenvalue weighted by atomic mass is 35.5. The number of esters is 1. The van der Waals surface area contributed by atoms with Crippen LogP contribution < -0.4 is 0 Å². The molecule has 6 nitrogen and oxygen atoms in total. The molecule has 0 heterocycles. The average molecular weight is 272 g/mol. The molecule has 1 aromatic rings. The van der Waals surface area contributed by atoms with Crippen molar-refractivity contribution in [2.45, 2.75) is 13.3 Å². The summed E-state index contributed by atoms with van der Waals surface area (Å²) in [7, 11) is 0. The van der Waals surface area contributed by atoms with Crippen LogP contribution in [0.4, 0.5) is 5.69 Å². The van der Waals surface area contributed by atoms with Crippen LogP contribution in [0.2, 0.25) is 5.02 Å². The maximum atomic E-state index is 11.7. The lowest BCUT2D eigenvalue weighted by Crippen LogP contribution is -2.11. The molecule has 0 aliphatic carbocycles. The summed E-state index contributed by atoms with van der Waals surface area (Å²) in [6, 6.07) is 3.45. The number of ether oxygens (including phenoxy) is 1. The standard InChI is InChI=1S/C11H10ClNO5/c1-2-18-11(15)6-10(14)8-4-3-7(13(16)17)5-9(8)12/h3-5H,2,6H2,1H3. The number of rotatable bonds is 5. The number of carbonyl (C=O) groups excluding carboxylic acids is 2. The molecule has 0 amide bonds. The smallest absolute Gasteiger partial charge is 0.313 e. The Balaban J connectivity index is 2.87. The average Bonchev–Trinajstić information content (AvgIpc) is 2.28. The van der Waals surface area contributed by atoms with Crippen molar-refractivity contribution in [3.8, 4) is 0 Å². The van der Waals surface area contributed by atoms with E-state index in [1.54, 1.807) is 6.92 Å². The monoisotopic (exact) mass is 271 g/mol. The molecular formula is C11H10ClNO5. The molecule has 0 unspecified atom stereocenters. The summed E-state index contributed by atoms with van der Waals surface area (Å²) in [5, 5.41) is 10.4. The van der Waals surface area contributed by atoms with Crippen LogP contribution in [0.3, 0.4) is 0 Å². The van der Waals surface area contributed by atoms with Crippen LogP contribution in [-0.4, -0.2) is 23.3 Å². The normalized spacial score (nSPS) is 9.89. The van der Waals surface area contributed by atoms with Crippen LogP contribution in [0.25, 0.3) is 0 Å². The maximum Gasteiger partial charge on any atom is 0.313 e. The predicted octanol–water partition coefficient (Wildman–Crippen LogP) is 2.38. The van der Waals surface area contributed by atoms with Gasteiger partial charge in [0.1, 0.15) is 6.42 Å². The van der Waals surface area contributed by atoms with Crippen molar-refractivity contribution in [1.82, 2.24) is 0 Å². The second-order valence-corrected chi connectivity index (χ2v) is 3.73. The molecule has 0 spiro atoms. The Morgan fingerprint density at radius 1 is 1.44 bits per heavy atom. The van der Waals surface area contributed by atoms with E-state index in [1.807, 2.05) is 0 Å². The van der Waals surface area contributed by atoms with E-state index >= 15 is 0 Å². The molecule has 18 heavy (non-hydrogen) atoms. The third-order valence-electron chi connectivity index (χ3n) is 2.07. The largest absolute Gasteiger partial charge is 0.466 e. The number of Topliss-reactive ketones (excluding diaryl/α,β-unsaturated/α-hetero) is 1. The molecule has 0 saturated carbocycles. The highest BCUT2D eigenvalue weighted by molar-refractivity contribution is 6.34. The van der Waals surface area contributed by atoms with Gasteiger partial charge in [-0.3, -0.25) is 19.7 Å². The van der Waals surface area contributed by atoms with Gasteiger partial charge >= 0.3 is 5.97 Å². The minimum Gasteiger partial charge on any atom is -0.466 e. The van der Waals surface area contributed by atoms with Gasteiger partial charge in [-0.2, -0.15) is 0 Å². The van der Waals surface area contributed by atoms with E-state index in [-0.39, 0.29) is 22.9 Å². The lowest BCUT2D eigenvalue weighted by atomic mass is 10.1. The highest BCUT2D eigenvalue weighted by Crippen LogP contribution is 2.23. The van der Waals surface area contributed by atoms with Crippen molar-refractivity contribution in [1.29, 1.82) is 0 Å². The minimum atomic E-state index is -0.656. The molecular weight excluding hydrogens is 262 g/mol. The number of halogens is 1. The first-order valence-corrected chi connectivity index (χ1v) is 5.46. The Morgan fingerprint density at radius 3 is 2.61 bits per heavy atom. The molecule has 0 atom stereocenters. The van der Waals surface area contributed by atoms with Crippen LogP contribution in [0.1, 0.15) is 23.7 Å². The van der Waals surface area contributed by atoms with Crippen LogP contribution in [0, 0.1) is 10.1 Å². The molecule has 0 N–H and O–H groups in total. The van der Waals surface area contributed by atoms with Gasteiger partial charge in [0.15, 0.2) is 5.78 Å². The van der Waals surface area contributed by atoms with Gasteiger partial charge in [-0.25, -0.2) is 0 Å². The van der Waals surface area contributed by atoms with E-state index in [9.17, 15) is 19.7 Å². The van der Waals surface area contributed by atoms with E-state index in [0.717, 1.165) is 12.1 Å². The summed E-state index contributed by atoms with van der Waals surface area (Å²) in [6.07, 6.45) is -0.439. The summed E-state index contributed by atoms with van der Waals surface area (Å²) in [4.78, 5) is 32.7. The number of hydrogen-bond acceptors (Lipinski definition) is 5. The first-order valence-electron chi connectivity index (χ1n) is 5.08. The zero-order valence-electron chi connectivity index (χ0n) is 9.51. The van der Waals surface area contributed by atoms with Gasteiger partial charge < -0.3 is 4.74 Å². The third kappa shape index (κ3) is 3.53. The molecule has 7 heteroatoms. The zero-order valence-corrected chi connectivity index (χ0v) is 10.3. The molecule has 96 valence electrons. The van der Waals surface area contributed by atoms with Gasteiger partial charge in [-0.15, -0.1) is 0 Å². The first kappa shape index (κ1) is 14.1. The fourth-order valence-electron chi connectivity index (χ4n) is 1.28. The van der Waals surface area contributed by atoms with Gasteiger partial charge in [-0.05, 0) is 13.0 Å². The zero-order chi connectivity index (χ0) is 13.7. The van der Waals surface area contributed by atoms with Gasteiger partial charge in [-0.1, -0.05) is 11.6 Å². The van der Waals surface area contributed by atoms with Crippen LogP contribution in [0.15, 0.2) is 18.2 Å². The number of nitro benzene ring substituents is 1. The van der Waals surface area contributed by atoms with E-state index in [0.29, 0.717) is 0 Å². The van der Waals surface area contributed by atoms with Gasteiger partial charge in [0.2, 0.25) is 0 Å². The quantitative estimate of drug-likeness (QED) is 0.270. The SMILES string of the molecule is CCOC(=O)CC(=O)c1ccc([N+](=O)[O-])cc1Cl. The summed E-state index contributed by atoms with van der Waals surface area (Å²) < 4.78 is 4.62. The van der Waals surface area contributed by atoms with Crippen LogP contribution in [-0.2, 0) is 9.53 Å². The van der Waals surface area contributed by atoms with Gasteiger partial charge in [0, 0.05) is 17.7 Å². The van der Waals surface area contributed by atoms with Crippen LogP contribution >= 0.6 is 11.6 Å². The second kappa shape index (κ2) is 6.11. The number of carbonyl (C=O) groups is 2. The van der Waals surface area contributed by atoms with Crippen molar-refractivity contribution in [3.05, 3.63) is 38.9 Å². The van der Waals surface area contributed by atoms with Gasteiger partial charge in [0.25, 0.3) is 5.69 Å². The molecule has 0 radical (unpaired) electrons. The van der Waals surface area contributed by atoms with Crippen molar-refractivity contribution >= 4 is 29.0 Å². The molecule has 0 fully saturated rings. The molecule has 0 aromatic heterocycles. The maximum absolute atomic E-state index is 11.7. The number of non-ortho nitro benzene ring substituents is 1. The number of ketones is 1. The fraction of sp³-hybridized carbons (Fsp3) is 0.273. The van der Waals surface area contributed by atoms with Crippen molar-refractivity contribution in [2.75, 3.05) is 6.61 Å². The molecule has 0 saturated heterocycles. The van der Waals surface area contributed by atoms with E-state index in [4.69, 9.17) is 11.6 Å². The number of benzene rings is 1. The summed E-state index contributed by atoms with van der Waals surface area (Å²) in [5.74, 6) is -1.19. The molecule has 1 rings (SSSR count). The van der Waals surface area contributed by atoms with E-state index in [1.165, 1.54) is 6.07 Å². The lowest BCUT2D eigenvalue weighted by Gasteiger charge is -2.03. The minimum absolute atomic E-state index is 0.0569. The topological polar surface area (TPSA) is 86.5 Å². The Labute approximate surface area is 108 Å². The number of nitro groups is 1. The van der Waals surface area contributed by atoms with Crippen molar-refractivity contribution in [3.63, 3.8) is 0 Å². The van der Waals surface area contributed by atoms with E-state index in [2.05, 4.69) is 4.74 Å². The van der Waals surface area contributed by atoms with E-state index < -0.39 is 23.1 Å². The summed E-state index contributed by atoms with van der Waals surface area (Å²) >= 11 is 5.75. The van der Waals surface area contributed by atoms with Gasteiger partial charge in [0.05, 0.1) is 16.6 Å². The molecule has 0 aliphatic rings. The lowest BCUT2D eigenvalue weighted by molar-refractivity contribution is -0.384. The Bertz CT molecular complexity index is 500. The van der Waals surface area contributed by atoms with Crippen molar-refractivity contribution < 1.29 is 19.2 Å². The number of hydrogen-bond donors (Lipinski definition) is 0. The Kier molecular flexibility index (Phi) is 4.79. The molecule has 0 aliphatic heterocycles.